The topological polar surface area (TPSA) is 73.8 Å². The van der Waals surface area contributed by atoms with Crippen LogP contribution in [0.4, 0.5) is 0 Å². The first-order chi connectivity index (χ1) is 9.81. The summed E-state index contributed by atoms with van der Waals surface area (Å²) in [5, 5.41) is 17.9. The average Bonchev–Trinajstić information content (AvgIpc) is 3.13. The summed E-state index contributed by atoms with van der Waals surface area (Å²) in [5.41, 5.74) is 1.92. The lowest BCUT2D eigenvalue weighted by Crippen LogP contribution is -1.90. The van der Waals surface area contributed by atoms with Crippen LogP contribution in [0, 0.1) is 0 Å². The molecule has 0 spiro atoms. The molecule has 0 aliphatic carbocycles. The standard InChI is InChI=1S/C12H9N7S/c1-18-7-9(6-14-18)11-17-19-10(15-16-12(19)20-11)8-2-4-13-5-3-8/h2-7H,1H3. The molecule has 0 radical (unpaired) electrons. The molecule has 0 atom stereocenters. The molecule has 0 aliphatic heterocycles. The zero-order chi connectivity index (χ0) is 13.5. The van der Waals surface area contributed by atoms with Crippen molar-refractivity contribution in [2.45, 2.75) is 0 Å². The van der Waals surface area contributed by atoms with Gasteiger partial charge in [0.05, 0.1) is 11.8 Å². The van der Waals surface area contributed by atoms with Crippen LogP contribution in [-0.2, 0) is 7.05 Å². The Labute approximate surface area is 117 Å². The van der Waals surface area contributed by atoms with E-state index >= 15 is 0 Å². The van der Waals surface area contributed by atoms with Crippen molar-refractivity contribution in [2.75, 3.05) is 0 Å². The summed E-state index contributed by atoms with van der Waals surface area (Å²) in [7, 11) is 1.88. The fourth-order valence-corrected chi connectivity index (χ4v) is 2.76. The maximum absolute atomic E-state index is 4.57. The van der Waals surface area contributed by atoms with Crippen molar-refractivity contribution in [2.24, 2.45) is 7.05 Å². The van der Waals surface area contributed by atoms with Gasteiger partial charge in [0.25, 0.3) is 0 Å². The van der Waals surface area contributed by atoms with Gasteiger partial charge in [0.2, 0.25) is 4.96 Å². The van der Waals surface area contributed by atoms with E-state index < -0.39 is 0 Å². The fraction of sp³-hybridized carbons (Fsp3) is 0.0833. The van der Waals surface area contributed by atoms with Gasteiger partial charge >= 0.3 is 0 Å². The lowest BCUT2D eigenvalue weighted by molar-refractivity contribution is 0.768. The van der Waals surface area contributed by atoms with Gasteiger partial charge in [0.15, 0.2) is 10.8 Å². The first-order valence-corrected chi connectivity index (χ1v) is 6.74. The van der Waals surface area contributed by atoms with Crippen molar-refractivity contribution in [3.05, 3.63) is 36.9 Å². The zero-order valence-electron chi connectivity index (χ0n) is 10.5. The van der Waals surface area contributed by atoms with Gasteiger partial charge in [0.1, 0.15) is 0 Å². The number of aryl methyl sites for hydroxylation is 1. The van der Waals surface area contributed by atoms with E-state index in [1.165, 1.54) is 11.3 Å². The molecule has 0 bridgehead atoms. The van der Waals surface area contributed by atoms with Gasteiger partial charge in [-0.1, -0.05) is 11.3 Å². The molecular formula is C12H9N7S. The summed E-state index contributed by atoms with van der Waals surface area (Å²) in [6.07, 6.45) is 7.17. The van der Waals surface area contributed by atoms with Gasteiger partial charge in [0, 0.05) is 31.2 Å². The molecule has 0 aliphatic rings. The highest BCUT2D eigenvalue weighted by Crippen LogP contribution is 2.27. The second kappa shape index (κ2) is 4.20. The molecule has 0 saturated carbocycles. The van der Waals surface area contributed by atoms with E-state index in [0.717, 1.165) is 21.1 Å². The van der Waals surface area contributed by atoms with Gasteiger partial charge in [-0.2, -0.15) is 14.7 Å². The van der Waals surface area contributed by atoms with Gasteiger partial charge in [-0.25, -0.2) is 0 Å². The normalized spacial score (nSPS) is 11.2. The summed E-state index contributed by atoms with van der Waals surface area (Å²) >= 11 is 1.49. The summed E-state index contributed by atoms with van der Waals surface area (Å²) < 4.78 is 3.50. The number of hydrogen-bond acceptors (Lipinski definition) is 6. The average molecular weight is 283 g/mol. The van der Waals surface area contributed by atoms with E-state index in [9.17, 15) is 0 Å². The Bertz CT molecular complexity index is 874. The Kier molecular flexibility index (Phi) is 2.36. The second-order valence-corrected chi connectivity index (χ2v) is 5.22. The third-order valence-electron chi connectivity index (χ3n) is 2.88. The molecule has 20 heavy (non-hydrogen) atoms. The van der Waals surface area contributed by atoms with Crippen molar-refractivity contribution in [1.29, 1.82) is 0 Å². The Morgan fingerprint density at radius 3 is 2.70 bits per heavy atom. The molecule has 0 amide bonds. The molecule has 0 saturated heterocycles. The van der Waals surface area contributed by atoms with E-state index in [0.29, 0.717) is 5.82 Å². The Hall–Kier alpha value is -2.61. The maximum atomic E-state index is 4.57. The Morgan fingerprint density at radius 2 is 1.95 bits per heavy atom. The number of rotatable bonds is 2. The molecule has 4 rings (SSSR count). The van der Waals surface area contributed by atoms with Crippen LogP contribution < -0.4 is 0 Å². The predicted octanol–water partition coefficient (Wildman–Crippen LogP) is 1.65. The van der Waals surface area contributed by atoms with Crippen LogP contribution in [-0.4, -0.2) is 34.6 Å². The third-order valence-corrected chi connectivity index (χ3v) is 3.83. The van der Waals surface area contributed by atoms with Crippen LogP contribution in [0.15, 0.2) is 36.9 Å². The molecule has 98 valence electrons. The van der Waals surface area contributed by atoms with E-state index in [-0.39, 0.29) is 0 Å². The first-order valence-electron chi connectivity index (χ1n) is 5.93. The van der Waals surface area contributed by atoms with Gasteiger partial charge < -0.3 is 0 Å². The largest absolute Gasteiger partial charge is 0.275 e. The first kappa shape index (κ1) is 11.2. The van der Waals surface area contributed by atoms with Crippen LogP contribution in [0.3, 0.4) is 0 Å². The summed E-state index contributed by atoms with van der Waals surface area (Å²) in [5.74, 6) is 0.716. The molecular weight excluding hydrogens is 274 g/mol. The molecule has 4 aromatic heterocycles. The van der Waals surface area contributed by atoms with Crippen molar-refractivity contribution in [1.82, 2.24) is 34.6 Å². The van der Waals surface area contributed by atoms with Crippen LogP contribution in [0.25, 0.3) is 26.9 Å². The molecule has 4 aromatic rings. The van der Waals surface area contributed by atoms with Gasteiger partial charge in [-0.3, -0.25) is 9.67 Å². The van der Waals surface area contributed by atoms with Gasteiger partial charge in [-0.15, -0.1) is 10.2 Å². The van der Waals surface area contributed by atoms with E-state index in [4.69, 9.17) is 0 Å². The molecule has 0 aromatic carbocycles. The summed E-state index contributed by atoms with van der Waals surface area (Å²) in [6.45, 7) is 0. The molecule has 7 nitrogen and oxygen atoms in total. The van der Waals surface area contributed by atoms with Crippen molar-refractivity contribution in [3.8, 4) is 22.0 Å². The highest BCUT2D eigenvalue weighted by Gasteiger charge is 2.14. The number of hydrogen-bond donors (Lipinski definition) is 0. The van der Waals surface area contributed by atoms with Gasteiger partial charge in [-0.05, 0) is 12.1 Å². The highest BCUT2D eigenvalue weighted by molar-refractivity contribution is 7.19. The van der Waals surface area contributed by atoms with Crippen molar-refractivity contribution < 1.29 is 0 Å². The predicted molar refractivity (Wildman–Crippen MR) is 74.1 cm³/mol. The minimum absolute atomic E-state index is 0.716. The third kappa shape index (κ3) is 1.69. The quantitative estimate of drug-likeness (QED) is 0.559. The molecule has 0 unspecified atom stereocenters. The lowest BCUT2D eigenvalue weighted by Gasteiger charge is -1.94. The smallest absolute Gasteiger partial charge is 0.235 e. The monoisotopic (exact) mass is 283 g/mol. The minimum Gasteiger partial charge on any atom is -0.275 e. The molecule has 0 fully saturated rings. The molecule has 0 N–H and O–H groups in total. The second-order valence-electron chi connectivity index (χ2n) is 4.26. The van der Waals surface area contributed by atoms with Crippen molar-refractivity contribution >= 4 is 16.3 Å². The van der Waals surface area contributed by atoms with Crippen LogP contribution in [0.5, 0.6) is 0 Å². The number of nitrogens with zero attached hydrogens (tertiary/aromatic N) is 7. The van der Waals surface area contributed by atoms with Crippen molar-refractivity contribution in [3.63, 3.8) is 0 Å². The fourth-order valence-electron chi connectivity index (χ4n) is 1.95. The maximum Gasteiger partial charge on any atom is 0.235 e. The van der Waals surface area contributed by atoms with E-state index in [1.54, 1.807) is 27.8 Å². The highest BCUT2D eigenvalue weighted by atomic mass is 32.1. The number of aromatic nitrogens is 7. The number of fused-ring (bicyclic) bond motifs is 1. The molecule has 4 heterocycles. The van der Waals surface area contributed by atoms with Crippen LogP contribution >= 0.6 is 11.3 Å². The zero-order valence-corrected chi connectivity index (χ0v) is 11.3. The minimum atomic E-state index is 0.716. The van der Waals surface area contributed by atoms with Crippen LogP contribution in [0.2, 0.25) is 0 Å². The Balaban J connectivity index is 1.87. The SMILES string of the molecule is Cn1cc(-c2nn3c(-c4ccncc4)nnc3s2)cn1. The molecule has 8 heteroatoms. The van der Waals surface area contributed by atoms with Crippen LogP contribution in [0.1, 0.15) is 0 Å². The Morgan fingerprint density at radius 1 is 1.10 bits per heavy atom. The summed E-state index contributed by atoms with van der Waals surface area (Å²) in [6, 6.07) is 3.78. The van der Waals surface area contributed by atoms with E-state index in [1.807, 2.05) is 25.4 Å². The summed E-state index contributed by atoms with van der Waals surface area (Å²) in [4.78, 5) is 4.76. The van der Waals surface area contributed by atoms with E-state index in [2.05, 4.69) is 25.4 Å². The number of pyridine rings is 1. The lowest BCUT2D eigenvalue weighted by atomic mass is 10.2.